The average molecular weight is 425 g/mol. The number of carbonyl (C=O) groups is 1. The van der Waals surface area contributed by atoms with Gasteiger partial charge in [0.2, 0.25) is 10.0 Å². The van der Waals surface area contributed by atoms with Crippen molar-refractivity contribution in [3.63, 3.8) is 0 Å². The normalized spacial score (nSPS) is 12.4. The molecule has 0 amide bonds. The lowest BCUT2D eigenvalue weighted by molar-refractivity contribution is 0.0695. The largest absolute Gasteiger partial charge is 0.478 e. The fourth-order valence-electron chi connectivity index (χ4n) is 1.91. The third kappa shape index (κ3) is 4.40. The van der Waals surface area contributed by atoms with Crippen LogP contribution in [0.5, 0.6) is 0 Å². The van der Waals surface area contributed by atoms with Crippen molar-refractivity contribution in [1.82, 2.24) is 4.31 Å². The average Bonchev–Trinajstić information content (AvgIpc) is 2.35. The maximum atomic E-state index is 12.7. The van der Waals surface area contributed by atoms with Gasteiger partial charge in [-0.2, -0.15) is 4.31 Å². The second-order valence-electron chi connectivity index (χ2n) is 5.51. The Labute approximate surface area is 139 Å². The lowest BCUT2D eigenvalue weighted by Gasteiger charge is -2.27. The van der Waals surface area contributed by atoms with Crippen LogP contribution >= 0.6 is 22.6 Å². The molecule has 0 fully saturated rings. The van der Waals surface area contributed by atoms with Crippen molar-refractivity contribution >= 4 is 38.6 Å². The minimum absolute atomic E-state index is 0.00456. The molecule has 0 spiro atoms. The highest BCUT2D eigenvalue weighted by molar-refractivity contribution is 14.1. The Kier molecular flexibility index (Phi) is 6.18. The van der Waals surface area contributed by atoms with Gasteiger partial charge in [0.15, 0.2) is 0 Å². The van der Waals surface area contributed by atoms with Crippen LogP contribution in [-0.4, -0.2) is 36.4 Å². The second kappa shape index (κ2) is 7.06. The third-order valence-corrected chi connectivity index (χ3v) is 5.87. The van der Waals surface area contributed by atoms with E-state index in [-0.39, 0.29) is 22.4 Å². The molecule has 0 aliphatic carbocycles. The topological polar surface area (TPSA) is 74.7 Å². The third-order valence-electron chi connectivity index (χ3n) is 2.90. The minimum atomic E-state index is -3.70. The fraction of sp³-hybridized carbons (Fsp3) is 0.500. The summed E-state index contributed by atoms with van der Waals surface area (Å²) in [5.41, 5.74) is 0.00456. The Morgan fingerprint density at radius 1 is 1.29 bits per heavy atom. The van der Waals surface area contributed by atoms with Crippen LogP contribution in [0.4, 0.5) is 0 Å². The van der Waals surface area contributed by atoms with Crippen LogP contribution in [0.3, 0.4) is 0 Å². The summed E-state index contributed by atoms with van der Waals surface area (Å²) in [6, 6.07) is 4.02. The lowest BCUT2D eigenvalue weighted by atomic mass is 10.2. The number of rotatable bonds is 6. The number of hydrogen-bond acceptors (Lipinski definition) is 3. The maximum Gasteiger partial charge on any atom is 0.336 e. The first kappa shape index (κ1) is 18.4. The van der Waals surface area contributed by atoms with Crippen molar-refractivity contribution in [2.24, 2.45) is 5.92 Å². The van der Waals surface area contributed by atoms with Crippen LogP contribution in [0.1, 0.15) is 38.1 Å². The molecule has 0 saturated carbocycles. The van der Waals surface area contributed by atoms with Gasteiger partial charge in [-0.05, 0) is 60.6 Å². The molecule has 0 atom stereocenters. The van der Waals surface area contributed by atoms with Crippen LogP contribution in [0, 0.1) is 9.49 Å². The number of benzene rings is 1. The Hall–Kier alpha value is -0.670. The molecule has 1 aromatic carbocycles. The van der Waals surface area contributed by atoms with Crippen molar-refractivity contribution in [1.29, 1.82) is 0 Å². The summed E-state index contributed by atoms with van der Waals surface area (Å²) in [6.07, 6.45) is 0. The number of aromatic carboxylic acids is 1. The summed E-state index contributed by atoms with van der Waals surface area (Å²) in [4.78, 5) is 11.2. The Balaban J connectivity index is 3.35. The second-order valence-corrected chi connectivity index (χ2v) is 8.56. The van der Waals surface area contributed by atoms with E-state index in [2.05, 4.69) is 0 Å². The molecule has 0 bridgehead atoms. The van der Waals surface area contributed by atoms with E-state index in [1.165, 1.54) is 22.5 Å². The zero-order chi connectivity index (χ0) is 16.4. The van der Waals surface area contributed by atoms with Gasteiger partial charge >= 0.3 is 5.97 Å². The van der Waals surface area contributed by atoms with Crippen molar-refractivity contribution in [2.75, 3.05) is 6.54 Å². The lowest BCUT2D eigenvalue weighted by Crippen LogP contribution is -2.39. The van der Waals surface area contributed by atoms with E-state index in [1.807, 2.05) is 50.3 Å². The molecular formula is C14H20INO4S. The highest BCUT2D eigenvalue weighted by atomic mass is 127. The van der Waals surface area contributed by atoms with E-state index >= 15 is 0 Å². The van der Waals surface area contributed by atoms with Gasteiger partial charge in [-0.15, -0.1) is 0 Å². The number of sulfonamides is 1. The highest BCUT2D eigenvalue weighted by Crippen LogP contribution is 2.23. The zero-order valence-electron chi connectivity index (χ0n) is 12.5. The van der Waals surface area contributed by atoms with E-state index in [0.717, 1.165) is 0 Å². The molecule has 0 saturated heterocycles. The number of halogens is 1. The summed E-state index contributed by atoms with van der Waals surface area (Å²) in [5.74, 6) is -0.943. The number of carboxylic acids is 1. The molecule has 0 radical (unpaired) electrons. The van der Waals surface area contributed by atoms with Gasteiger partial charge in [-0.1, -0.05) is 13.8 Å². The van der Waals surface area contributed by atoms with Gasteiger partial charge in [0.1, 0.15) is 0 Å². The van der Waals surface area contributed by atoms with E-state index in [1.54, 1.807) is 0 Å². The van der Waals surface area contributed by atoms with Crippen molar-refractivity contribution in [2.45, 2.75) is 38.6 Å². The molecule has 1 aromatic rings. The molecule has 0 aliphatic heterocycles. The molecule has 118 valence electrons. The van der Waals surface area contributed by atoms with Crippen LogP contribution in [0.2, 0.25) is 0 Å². The highest BCUT2D eigenvalue weighted by Gasteiger charge is 2.28. The predicted octanol–water partition coefficient (Wildman–Crippen LogP) is 3.04. The first-order valence-electron chi connectivity index (χ1n) is 6.62. The molecule has 1 rings (SSSR count). The summed E-state index contributed by atoms with van der Waals surface area (Å²) in [7, 11) is -3.70. The van der Waals surface area contributed by atoms with Gasteiger partial charge < -0.3 is 5.11 Å². The van der Waals surface area contributed by atoms with Gasteiger partial charge in [0.05, 0.1) is 10.5 Å². The summed E-state index contributed by atoms with van der Waals surface area (Å²) in [6.45, 7) is 7.91. The molecule has 0 heterocycles. The monoisotopic (exact) mass is 425 g/mol. The maximum absolute atomic E-state index is 12.7. The van der Waals surface area contributed by atoms with Crippen molar-refractivity contribution in [3.8, 4) is 0 Å². The Morgan fingerprint density at radius 2 is 1.86 bits per heavy atom. The predicted molar refractivity (Wildman–Crippen MR) is 90.0 cm³/mol. The van der Waals surface area contributed by atoms with E-state index in [0.29, 0.717) is 10.1 Å². The molecule has 7 heteroatoms. The number of nitrogens with zero attached hydrogens (tertiary/aromatic N) is 1. The summed E-state index contributed by atoms with van der Waals surface area (Å²) >= 11 is 1.88. The summed E-state index contributed by atoms with van der Waals surface area (Å²) in [5, 5.41) is 9.14. The molecule has 0 unspecified atom stereocenters. The number of carboxylic acid groups (broad SMARTS) is 1. The molecular weight excluding hydrogens is 405 g/mol. The van der Waals surface area contributed by atoms with E-state index in [9.17, 15) is 13.2 Å². The van der Waals surface area contributed by atoms with Crippen LogP contribution in [-0.2, 0) is 10.0 Å². The van der Waals surface area contributed by atoms with Crippen molar-refractivity contribution < 1.29 is 18.3 Å². The van der Waals surface area contributed by atoms with Gasteiger partial charge in [0, 0.05) is 16.2 Å². The van der Waals surface area contributed by atoms with Crippen LogP contribution < -0.4 is 0 Å². The zero-order valence-corrected chi connectivity index (χ0v) is 15.5. The van der Waals surface area contributed by atoms with Crippen LogP contribution in [0.15, 0.2) is 23.1 Å². The number of hydrogen-bond donors (Lipinski definition) is 1. The molecule has 5 nitrogen and oxygen atoms in total. The summed E-state index contributed by atoms with van der Waals surface area (Å²) < 4.78 is 27.4. The SMILES string of the molecule is CC(C)CN(C(C)C)S(=O)(=O)c1ccc(I)c(C(=O)O)c1. The molecule has 0 aromatic heterocycles. The van der Waals surface area contributed by atoms with Crippen LogP contribution in [0.25, 0.3) is 0 Å². The first-order chi connectivity index (χ1) is 9.57. The molecule has 0 aliphatic rings. The van der Waals surface area contributed by atoms with Gasteiger partial charge in [0.25, 0.3) is 0 Å². The van der Waals surface area contributed by atoms with E-state index in [4.69, 9.17) is 5.11 Å². The smallest absolute Gasteiger partial charge is 0.336 e. The van der Waals surface area contributed by atoms with Gasteiger partial charge in [-0.25, -0.2) is 13.2 Å². The fourth-order valence-corrected chi connectivity index (χ4v) is 4.30. The Morgan fingerprint density at radius 3 is 2.29 bits per heavy atom. The first-order valence-corrected chi connectivity index (χ1v) is 9.14. The van der Waals surface area contributed by atoms with Gasteiger partial charge in [-0.3, -0.25) is 0 Å². The quantitative estimate of drug-likeness (QED) is 0.712. The van der Waals surface area contributed by atoms with E-state index < -0.39 is 16.0 Å². The molecule has 1 N–H and O–H groups in total. The molecule has 21 heavy (non-hydrogen) atoms. The Bertz CT molecular complexity index is 626. The van der Waals surface area contributed by atoms with Crippen molar-refractivity contribution in [3.05, 3.63) is 27.3 Å². The minimum Gasteiger partial charge on any atom is -0.478 e. The standard InChI is InChI=1S/C14H20INO4S/c1-9(2)8-16(10(3)4)21(19,20)11-5-6-13(15)12(7-11)14(17)18/h5-7,9-10H,8H2,1-4H3,(H,17,18).